The molecule has 0 saturated carbocycles. The molecule has 2 N–H and O–H groups in total. The minimum absolute atomic E-state index is 0.151. The zero-order valence-corrected chi connectivity index (χ0v) is 15.6. The Bertz CT molecular complexity index is 723. The third-order valence-corrected chi connectivity index (χ3v) is 4.85. The Hall–Kier alpha value is -1.80. The van der Waals surface area contributed by atoms with Crippen LogP contribution in [0.4, 0.5) is 4.39 Å². The predicted octanol–water partition coefficient (Wildman–Crippen LogP) is 1.86. The number of carbonyl (C=O) groups is 2. The Kier molecular flexibility index (Phi) is 7.07. The van der Waals surface area contributed by atoms with E-state index >= 15 is 0 Å². The molecule has 140 valence electrons. The second-order valence-electron chi connectivity index (χ2n) is 6.60. The summed E-state index contributed by atoms with van der Waals surface area (Å²) in [5, 5.41) is 2.50. The minimum atomic E-state index is -4.33. The number of hydrogen-bond acceptors (Lipinski definition) is 4. The van der Waals surface area contributed by atoms with Crippen LogP contribution in [0.15, 0.2) is 29.2 Å². The van der Waals surface area contributed by atoms with Crippen molar-refractivity contribution in [1.82, 2.24) is 10.0 Å². The molecular formula is C17H25FN2O4S. The van der Waals surface area contributed by atoms with Gasteiger partial charge in [-0.25, -0.2) is 12.8 Å². The number of benzene rings is 1. The highest BCUT2D eigenvalue weighted by Gasteiger charge is 2.29. The number of carbonyl (C=O) groups excluding carboxylic acids is 2. The fourth-order valence-electron chi connectivity index (χ4n) is 2.21. The molecule has 0 aliphatic heterocycles. The first-order valence-corrected chi connectivity index (χ1v) is 9.49. The molecule has 0 unspecified atom stereocenters. The maximum Gasteiger partial charge on any atom is 0.241 e. The molecule has 1 rings (SSSR count). The van der Waals surface area contributed by atoms with E-state index in [-0.39, 0.29) is 15.5 Å². The van der Waals surface area contributed by atoms with Crippen molar-refractivity contribution < 1.29 is 23.8 Å². The summed E-state index contributed by atoms with van der Waals surface area (Å²) in [4.78, 5) is 23.4. The lowest BCUT2D eigenvalue weighted by molar-refractivity contribution is -0.126. The maximum atomic E-state index is 13.0. The molecule has 25 heavy (non-hydrogen) atoms. The summed E-state index contributed by atoms with van der Waals surface area (Å²) in [6, 6.07) is 1.92. The molecule has 0 heterocycles. The Labute approximate surface area is 149 Å². The second kappa shape index (κ2) is 9.05. The average Bonchev–Trinajstić information content (AvgIpc) is 2.53. The molecular weight excluding hydrogens is 347 g/mol. The molecule has 0 radical (unpaired) electrons. The van der Waals surface area contributed by atoms with Crippen LogP contribution in [0.1, 0.15) is 34.1 Å². The normalized spacial score (nSPS) is 15.1. The zero-order valence-electron chi connectivity index (χ0n) is 15.8. The van der Waals surface area contributed by atoms with E-state index in [1.807, 2.05) is 13.8 Å². The van der Waals surface area contributed by atoms with Crippen molar-refractivity contribution in [2.45, 2.75) is 51.1 Å². The molecule has 0 aliphatic rings. The van der Waals surface area contributed by atoms with E-state index in [1.54, 1.807) is 13.8 Å². The van der Waals surface area contributed by atoms with Gasteiger partial charge in [0.05, 0.1) is 10.9 Å². The summed E-state index contributed by atoms with van der Waals surface area (Å²) in [5.41, 5.74) is 0. The number of rotatable bonds is 9. The number of amides is 1. The molecule has 1 aromatic carbocycles. The molecule has 0 fully saturated rings. The van der Waals surface area contributed by atoms with Gasteiger partial charge in [-0.15, -0.1) is 0 Å². The highest BCUT2D eigenvalue weighted by molar-refractivity contribution is 7.89. The Balaban J connectivity index is 3.09. The van der Waals surface area contributed by atoms with E-state index in [0.29, 0.717) is 12.7 Å². The van der Waals surface area contributed by atoms with Crippen LogP contribution < -0.4 is 10.0 Å². The SMILES string of the molecule is [2H]N([C@H](C(=O)N[C@H](C=O)CC(C)C)C(C)C)S(=O)(=O)c1ccc(F)cc1. The van der Waals surface area contributed by atoms with Crippen LogP contribution in [0.3, 0.4) is 0 Å². The maximum absolute atomic E-state index is 13.0. The van der Waals surface area contributed by atoms with Crippen LogP contribution in [0.2, 0.25) is 1.41 Å². The van der Waals surface area contributed by atoms with Crippen molar-refractivity contribution in [2.24, 2.45) is 11.8 Å². The summed E-state index contributed by atoms with van der Waals surface area (Å²) >= 11 is 0. The van der Waals surface area contributed by atoms with Gasteiger partial charge < -0.3 is 10.1 Å². The lowest BCUT2D eigenvalue weighted by Crippen LogP contribution is -2.52. The van der Waals surface area contributed by atoms with Gasteiger partial charge in [0.25, 0.3) is 0 Å². The van der Waals surface area contributed by atoms with Gasteiger partial charge in [-0.2, -0.15) is 4.72 Å². The molecule has 8 heteroatoms. The Morgan fingerprint density at radius 1 is 1.24 bits per heavy atom. The fraction of sp³-hybridized carbons (Fsp3) is 0.529. The number of aldehydes is 1. The number of nitrogens with one attached hydrogen (secondary N) is 2. The van der Waals surface area contributed by atoms with Crippen LogP contribution in [-0.2, 0) is 19.6 Å². The first-order chi connectivity index (χ1) is 12.0. The van der Waals surface area contributed by atoms with Crippen LogP contribution in [0.25, 0.3) is 0 Å². The lowest BCUT2D eigenvalue weighted by atomic mass is 10.0. The van der Waals surface area contributed by atoms with Gasteiger partial charge in [0, 0.05) is 0 Å². The molecule has 2 atom stereocenters. The third-order valence-electron chi connectivity index (χ3n) is 3.48. The van der Waals surface area contributed by atoms with Gasteiger partial charge in [-0.05, 0) is 42.5 Å². The van der Waals surface area contributed by atoms with Gasteiger partial charge in [0.15, 0.2) is 0 Å². The van der Waals surface area contributed by atoms with E-state index < -0.39 is 39.7 Å². The largest absolute Gasteiger partial charge is 0.345 e. The summed E-state index contributed by atoms with van der Waals surface area (Å²) in [7, 11) is -4.33. The van der Waals surface area contributed by atoms with E-state index in [0.717, 1.165) is 24.3 Å². The monoisotopic (exact) mass is 373 g/mol. The van der Waals surface area contributed by atoms with Crippen molar-refractivity contribution >= 4 is 22.2 Å². The smallest absolute Gasteiger partial charge is 0.241 e. The topological polar surface area (TPSA) is 92.3 Å². The number of halogens is 1. The number of sulfonamides is 1. The van der Waals surface area contributed by atoms with Crippen LogP contribution >= 0.6 is 0 Å². The van der Waals surface area contributed by atoms with Gasteiger partial charge in [0.2, 0.25) is 15.9 Å². The van der Waals surface area contributed by atoms with E-state index in [1.165, 1.54) is 0 Å². The van der Waals surface area contributed by atoms with Gasteiger partial charge in [-0.1, -0.05) is 27.7 Å². The minimum Gasteiger partial charge on any atom is -0.345 e. The van der Waals surface area contributed by atoms with E-state index in [9.17, 15) is 22.4 Å². The van der Waals surface area contributed by atoms with Crippen molar-refractivity contribution in [3.63, 3.8) is 0 Å². The van der Waals surface area contributed by atoms with Gasteiger partial charge >= 0.3 is 0 Å². The van der Waals surface area contributed by atoms with Crippen molar-refractivity contribution in [3.8, 4) is 0 Å². The quantitative estimate of drug-likeness (QED) is 0.646. The summed E-state index contributed by atoms with van der Waals surface area (Å²) in [5.74, 6) is -1.70. The average molecular weight is 373 g/mol. The van der Waals surface area contributed by atoms with Crippen LogP contribution in [0, 0.1) is 17.7 Å². The Morgan fingerprint density at radius 3 is 2.24 bits per heavy atom. The molecule has 0 bridgehead atoms. The highest BCUT2D eigenvalue weighted by Crippen LogP contribution is 2.13. The van der Waals surface area contributed by atoms with Crippen molar-refractivity contribution in [3.05, 3.63) is 30.1 Å². The van der Waals surface area contributed by atoms with Gasteiger partial charge in [-0.3, -0.25) is 4.79 Å². The standard InChI is InChI=1S/C17H25FN2O4S/c1-11(2)9-14(10-21)19-17(22)16(12(3)4)20-25(23,24)15-7-5-13(18)6-8-15/h5-8,10-12,14,16,20H,9H2,1-4H3,(H,19,22)/t14-,16-/m0/s1/i/hD. The summed E-state index contributed by atoms with van der Waals surface area (Å²) in [6.07, 6.45) is 1.00. The first kappa shape index (κ1) is 19.5. The summed E-state index contributed by atoms with van der Waals surface area (Å²) in [6.45, 7) is 6.98. The number of hydrogen-bond donors (Lipinski definition) is 2. The molecule has 0 spiro atoms. The second-order valence-corrected chi connectivity index (χ2v) is 8.24. The van der Waals surface area contributed by atoms with Crippen LogP contribution in [0.5, 0.6) is 0 Å². The summed E-state index contributed by atoms with van der Waals surface area (Å²) < 4.78 is 46.5. The third kappa shape index (κ3) is 6.55. The molecule has 6 nitrogen and oxygen atoms in total. The van der Waals surface area contributed by atoms with E-state index in [4.69, 9.17) is 1.41 Å². The molecule has 0 saturated heterocycles. The predicted molar refractivity (Wildman–Crippen MR) is 92.8 cm³/mol. The molecule has 1 aromatic rings. The molecule has 1 amide bonds. The van der Waals surface area contributed by atoms with Gasteiger partial charge in [0.1, 0.15) is 19.6 Å². The Morgan fingerprint density at radius 2 is 1.80 bits per heavy atom. The molecule has 0 aliphatic carbocycles. The van der Waals surface area contributed by atoms with Crippen molar-refractivity contribution in [1.29, 1.82) is 0 Å². The highest BCUT2D eigenvalue weighted by atomic mass is 32.2. The van der Waals surface area contributed by atoms with Crippen molar-refractivity contribution in [2.75, 3.05) is 0 Å². The zero-order chi connectivity index (χ0) is 20.1. The fourth-order valence-corrected chi connectivity index (χ4v) is 3.45. The lowest BCUT2D eigenvalue weighted by Gasteiger charge is -2.24. The van der Waals surface area contributed by atoms with Crippen LogP contribution in [-0.4, -0.2) is 32.7 Å². The molecule has 0 aromatic heterocycles. The van der Waals surface area contributed by atoms with E-state index in [2.05, 4.69) is 5.32 Å². The first-order valence-electron chi connectivity index (χ1n) is 8.50.